The van der Waals surface area contributed by atoms with Crippen molar-refractivity contribution in [3.05, 3.63) is 106 Å². The van der Waals surface area contributed by atoms with Crippen LogP contribution in [0.3, 0.4) is 0 Å². The standard InChI is InChI=1S/C22H16Cl2N6/c23-18-6-1-15(2-7-18)12-29-21-11-17(5-10-20(21)27-28-29)22(30-14-25-13-26-30)16-3-8-19(24)9-4-16/h1-11,13-14,22H,12H2. The van der Waals surface area contributed by atoms with Gasteiger partial charge in [-0.2, -0.15) is 5.10 Å². The van der Waals surface area contributed by atoms with Crippen molar-refractivity contribution in [2.24, 2.45) is 0 Å². The van der Waals surface area contributed by atoms with E-state index < -0.39 is 0 Å². The molecule has 0 aliphatic rings. The summed E-state index contributed by atoms with van der Waals surface area (Å²) in [5.74, 6) is 0. The smallest absolute Gasteiger partial charge is 0.137 e. The lowest BCUT2D eigenvalue weighted by molar-refractivity contribution is 0.593. The van der Waals surface area contributed by atoms with Crippen molar-refractivity contribution >= 4 is 34.2 Å². The molecule has 0 N–H and O–H groups in total. The summed E-state index contributed by atoms with van der Waals surface area (Å²) in [6.45, 7) is 0.603. The summed E-state index contributed by atoms with van der Waals surface area (Å²) >= 11 is 12.1. The molecule has 0 aliphatic carbocycles. The largest absolute Gasteiger partial charge is 0.241 e. The third-order valence-electron chi connectivity index (χ3n) is 4.99. The Balaban J connectivity index is 1.58. The first-order valence-corrected chi connectivity index (χ1v) is 10.1. The van der Waals surface area contributed by atoms with E-state index in [4.69, 9.17) is 23.2 Å². The highest BCUT2D eigenvalue weighted by molar-refractivity contribution is 6.30. The highest BCUT2D eigenvalue weighted by Gasteiger charge is 2.19. The van der Waals surface area contributed by atoms with Gasteiger partial charge in [0.1, 0.15) is 24.2 Å². The maximum atomic E-state index is 6.10. The van der Waals surface area contributed by atoms with Crippen LogP contribution in [0.5, 0.6) is 0 Å². The molecule has 0 saturated heterocycles. The van der Waals surface area contributed by atoms with Gasteiger partial charge in [0, 0.05) is 10.0 Å². The van der Waals surface area contributed by atoms with Crippen LogP contribution in [0.15, 0.2) is 79.4 Å². The third kappa shape index (κ3) is 3.67. The molecule has 0 fully saturated rings. The molecule has 0 amide bonds. The summed E-state index contributed by atoms with van der Waals surface area (Å²) in [7, 11) is 0. The van der Waals surface area contributed by atoms with Gasteiger partial charge < -0.3 is 0 Å². The van der Waals surface area contributed by atoms with E-state index in [1.807, 2.05) is 70.0 Å². The highest BCUT2D eigenvalue weighted by atomic mass is 35.5. The maximum Gasteiger partial charge on any atom is 0.137 e. The van der Waals surface area contributed by atoms with E-state index in [-0.39, 0.29) is 6.04 Å². The van der Waals surface area contributed by atoms with E-state index in [0.29, 0.717) is 16.6 Å². The zero-order valence-corrected chi connectivity index (χ0v) is 17.2. The van der Waals surface area contributed by atoms with Gasteiger partial charge in [-0.25, -0.2) is 14.3 Å². The molecule has 0 spiro atoms. The summed E-state index contributed by atoms with van der Waals surface area (Å²) in [6, 6.07) is 21.5. The van der Waals surface area contributed by atoms with E-state index >= 15 is 0 Å². The fraction of sp³-hybridized carbons (Fsp3) is 0.0909. The Bertz CT molecular complexity index is 1280. The molecule has 0 radical (unpaired) electrons. The van der Waals surface area contributed by atoms with Crippen LogP contribution in [0, 0.1) is 0 Å². The molecule has 0 saturated carbocycles. The highest BCUT2D eigenvalue weighted by Crippen LogP contribution is 2.29. The molecule has 1 unspecified atom stereocenters. The van der Waals surface area contributed by atoms with E-state index in [0.717, 1.165) is 27.7 Å². The molecule has 5 aromatic rings. The van der Waals surface area contributed by atoms with Crippen LogP contribution in [0.4, 0.5) is 0 Å². The van der Waals surface area contributed by atoms with Crippen molar-refractivity contribution in [2.45, 2.75) is 12.6 Å². The van der Waals surface area contributed by atoms with Crippen LogP contribution in [0.25, 0.3) is 11.0 Å². The number of benzene rings is 3. The minimum atomic E-state index is -0.145. The number of aromatic nitrogens is 6. The minimum absolute atomic E-state index is 0.145. The zero-order valence-electron chi connectivity index (χ0n) is 15.7. The number of rotatable bonds is 5. The van der Waals surface area contributed by atoms with Gasteiger partial charge in [-0.05, 0) is 53.1 Å². The van der Waals surface area contributed by atoms with Gasteiger partial charge in [-0.15, -0.1) is 5.10 Å². The number of nitrogens with zero attached hydrogens (tertiary/aromatic N) is 6. The number of hydrogen-bond acceptors (Lipinski definition) is 4. The molecule has 8 heteroatoms. The second kappa shape index (κ2) is 7.89. The van der Waals surface area contributed by atoms with E-state index in [1.54, 1.807) is 6.33 Å². The first-order chi connectivity index (χ1) is 14.7. The molecular formula is C22H16Cl2N6. The molecular weight excluding hydrogens is 419 g/mol. The van der Waals surface area contributed by atoms with Crippen molar-refractivity contribution < 1.29 is 0 Å². The second-order valence-corrected chi connectivity index (χ2v) is 7.82. The topological polar surface area (TPSA) is 61.4 Å². The zero-order chi connectivity index (χ0) is 20.5. The van der Waals surface area contributed by atoms with Gasteiger partial charge in [0.2, 0.25) is 0 Å². The predicted molar refractivity (Wildman–Crippen MR) is 117 cm³/mol. The molecule has 2 heterocycles. The average molecular weight is 435 g/mol. The average Bonchev–Trinajstić information content (AvgIpc) is 3.42. The summed E-state index contributed by atoms with van der Waals surface area (Å²) < 4.78 is 3.72. The Morgan fingerprint density at radius 1 is 0.833 bits per heavy atom. The van der Waals surface area contributed by atoms with Crippen LogP contribution >= 0.6 is 23.2 Å². The Morgan fingerprint density at radius 2 is 1.53 bits per heavy atom. The molecule has 5 rings (SSSR count). The second-order valence-electron chi connectivity index (χ2n) is 6.95. The van der Waals surface area contributed by atoms with Crippen molar-refractivity contribution in [1.29, 1.82) is 0 Å². The normalized spacial score (nSPS) is 12.3. The summed E-state index contributed by atoms with van der Waals surface area (Å²) in [6.07, 6.45) is 3.25. The van der Waals surface area contributed by atoms with Crippen molar-refractivity contribution in [1.82, 2.24) is 29.8 Å². The van der Waals surface area contributed by atoms with Gasteiger partial charge in [-0.1, -0.05) is 58.7 Å². The predicted octanol–water partition coefficient (Wildman–Crippen LogP) is 5.02. The summed E-state index contributed by atoms with van der Waals surface area (Å²) in [5, 5.41) is 14.4. The van der Waals surface area contributed by atoms with Gasteiger partial charge in [0.05, 0.1) is 12.1 Å². The number of halogens is 2. The lowest BCUT2D eigenvalue weighted by atomic mass is 9.98. The quantitative estimate of drug-likeness (QED) is 0.389. The minimum Gasteiger partial charge on any atom is -0.241 e. The SMILES string of the molecule is Clc1ccc(Cn2nnc3ccc(C(c4ccc(Cl)cc4)n4cncn4)cc32)cc1. The molecule has 0 aliphatic heterocycles. The Kier molecular flexibility index (Phi) is 4.94. The van der Waals surface area contributed by atoms with Crippen LogP contribution in [0.2, 0.25) is 10.0 Å². The van der Waals surface area contributed by atoms with Crippen LogP contribution in [-0.2, 0) is 6.54 Å². The molecule has 1 atom stereocenters. The molecule has 0 bridgehead atoms. The third-order valence-corrected chi connectivity index (χ3v) is 5.49. The van der Waals surface area contributed by atoms with Crippen molar-refractivity contribution in [3.63, 3.8) is 0 Å². The van der Waals surface area contributed by atoms with Crippen LogP contribution in [-0.4, -0.2) is 29.8 Å². The molecule has 3 aromatic carbocycles. The number of fused-ring (bicyclic) bond motifs is 1. The Hall–Kier alpha value is -3.22. The van der Waals surface area contributed by atoms with Crippen molar-refractivity contribution in [3.8, 4) is 0 Å². The maximum absolute atomic E-state index is 6.10. The van der Waals surface area contributed by atoms with E-state index in [9.17, 15) is 0 Å². The van der Waals surface area contributed by atoms with Gasteiger partial charge in [0.25, 0.3) is 0 Å². The molecule has 148 valence electrons. The molecule has 6 nitrogen and oxygen atoms in total. The van der Waals surface area contributed by atoms with Gasteiger partial charge in [0.15, 0.2) is 0 Å². The lowest BCUT2D eigenvalue weighted by Crippen LogP contribution is -2.13. The Morgan fingerprint density at radius 3 is 2.23 bits per heavy atom. The fourth-order valence-electron chi connectivity index (χ4n) is 3.53. The van der Waals surface area contributed by atoms with Gasteiger partial charge in [-0.3, -0.25) is 0 Å². The molecule has 2 aromatic heterocycles. The van der Waals surface area contributed by atoms with Crippen LogP contribution in [0.1, 0.15) is 22.7 Å². The summed E-state index contributed by atoms with van der Waals surface area (Å²) in [4.78, 5) is 4.13. The van der Waals surface area contributed by atoms with Gasteiger partial charge >= 0.3 is 0 Å². The molecule has 30 heavy (non-hydrogen) atoms. The number of hydrogen-bond donors (Lipinski definition) is 0. The monoisotopic (exact) mass is 434 g/mol. The van der Waals surface area contributed by atoms with E-state index in [2.05, 4.69) is 26.5 Å². The van der Waals surface area contributed by atoms with Crippen LogP contribution < -0.4 is 0 Å². The van der Waals surface area contributed by atoms with Crippen molar-refractivity contribution in [2.75, 3.05) is 0 Å². The first-order valence-electron chi connectivity index (χ1n) is 9.34. The fourth-order valence-corrected chi connectivity index (χ4v) is 3.78. The summed E-state index contributed by atoms with van der Waals surface area (Å²) in [5.41, 5.74) is 4.99. The first kappa shape index (κ1) is 18.8. The lowest BCUT2D eigenvalue weighted by Gasteiger charge is -2.18. The van der Waals surface area contributed by atoms with E-state index in [1.165, 1.54) is 6.33 Å². The Labute approximate surface area is 182 Å².